The van der Waals surface area contributed by atoms with Crippen molar-refractivity contribution in [3.63, 3.8) is 0 Å². The van der Waals surface area contributed by atoms with Crippen molar-refractivity contribution in [1.29, 1.82) is 0 Å². The van der Waals surface area contributed by atoms with Crippen molar-refractivity contribution in [2.75, 3.05) is 25.9 Å². The highest BCUT2D eigenvalue weighted by molar-refractivity contribution is 7.88. The van der Waals surface area contributed by atoms with Gasteiger partial charge in [-0.2, -0.15) is 5.10 Å². The van der Waals surface area contributed by atoms with Gasteiger partial charge in [0.15, 0.2) is 0 Å². The monoisotopic (exact) mass is 380 g/mol. The van der Waals surface area contributed by atoms with E-state index in [0.717, 1.165) is 19.5 Å². The zero-order chi connectivity index (χ0) is 18.3. The minimum Gasteiger partial charge on any atom is -0.298 e. The fourth-order valence-corrected chi connectivity index (χ4v) is 5.88. The molecule has 1 aromatic rings. The molecule has 0 spiro atoms. The molecule has 1 aliphatic carbocycles. The number of hydrogen-bond acceptors (Lipinski definition) is 4. The first kappa shape index (κ1) is 18.4. The van der Waals surface area contributed by atoms with Crippen LogP contribution in [0.15, 0.2) is 6.07 Å². The number of sulfonamides is 1. The number of nitrogens with one attached hydrogen (secondary N) is 1. The number of aromatic nitrogens is 2. The Morgan fingerprint density at radius 1 is 1.23 bits per heavy atom. The first-order valence-corrected chi connectivity index (χ1v) is 12.0. The van der Waals surface area contributed by atoms with Gasteiger partial charge in [-0.05, 0) is 44.2 Å². The summed E-state index contributed by atoms with van der Waals surface area (Å²) in [6.45, 7) is 2.66. The Balaban J connectivity index is 1.46. The van der Waals surface area contributed by atoms with Crippen LogP contribution in [0.25, 0.3) is 0 Å². The van der Waals surface area contributed by atoms with E-state index in [2.05, 4.69) is 27.4 Å². The van der Waals surface area contributed by atoms with Crippen LogP contribution in [-0.4, -0.2) is 55.0 Å². The largest absolute Gasteiger partial charge is 0.298 e. The second-order valence-corrected chi connectivity index (χ2v) is 10.4. The molecule has 1 N–H and O–H groups in total. The number of piperidine rings is 3. The van der Waals surface area contributed by atoms with Crippen LogP contribution in [0.2, 0.25) is 0 Å². The summed E-state index contributed by atoms with van der Waals surface area (Å²) in [5.74, 6) is 1.82. The van der Waals surface area contributed by atoms with Crippen molar-refractivity contribution in [2.24, 2.45) is 13.0 Å². The molecular weight excluding hydrogens is 348 g/mol. The molecule has 5 rings (SSSR count). The molecule has 4 fully saturated rings. The molecule has 26 heavy (non-hydrogen) atoms. The smallest absolute Gasteiger partial charge is 0.208 e. The second kappa shape index (κ2) is 7.24. The van der Waals surface area contributed by atoms with Crippen molar-refractivity contribution in [2.45, 2.75) is 62.8 Å². The SMILES string of the molecule is Cn1nc(C2CCCCC2)cc1[C@@H]1CN2CC[C@H]1C[C@@H]2CNS(C)(=O)=O. The third-order valence-corrected chi connectivity index (χ3v) is 7.49. The Bertz CT molecular complexity index is 739. The number of aryl methyl sites for hydroxylation is 1. The molecule has 4 aliphatic rings. The Morgan fingerprint density at radius 2 is 2.00 bits per heavy atom. The molecule has 2 bridgehead atoms. The summed E-state index contributed by atoms with van der Waals surface area (Å²) in [7, 11) is -1.01. The standard InChI is InChI=1S/C19H32N4O2S/c1-22-19(11-18(21-22)14-6-4-3-5-7-14)17-13-23-9-8-15(17)10-16(23)12-20-26(2,24)25/h11,14-17,20H,3-10,12-13H2,1-2H3/t15-,16+,17+/m0/s1. The summed E-state index contributed by atoms with van der Waals surface area (Å²) in [6, 6.07) is 2.72. The van der Waals surface area contributed by atoms with Crippen LogP contribution in [0.1, 0.15) is 68.2 Å². The molecule has 1 aromatic heterocycles. The normalized spacial score (nSPS) is 32.8. The van der Waals surface area contributed by atoms with Gasteiger partial charge in [-0.15, -0.1) is 0 Å². The zero-order valence-electron chi connectivity index (χ0n) is 16.0. The van der Waals surface area contributed by atoms with Crippen LogP contribution in [0.4, 0.5) is 0 Å². The molecule has 1 unspecified atom stereocenters. The number of rotatable bonds is 5. The van der Waals surface area contributed by atoms with Gasteiger partial charge in [-0.3, -0.25) is 9.58 Å². The number of hydrogen-bond donors (Lipinski definition) is 1. The maximum absolute atomic E-state index is 11.4. The van der Waals surface area contributed by atoms with Crippen LogP contribution in [0.3, 0.4) is 0 Å². The fourth-order valence-electron chi connectivity index (χ4n) is 5.38. The van der Waals surface area contributed by atoms with E-state index in [0.29, 0.717) is 30.3 Å². The molecule has 6 nitrogen and oxygen atoms in total. The Labute approximate surface area is 157 Å². The lowest BCUT2D eigenvalue weighted by molar-refractivity contribution is 0.0306. The minimum atomic E-state index is -3.11. The average molecular weight is 381 g/mol. The van der Waals surface area contributed by atoms with Crippen molar-refractivity contribution in [3.8, 4) is 0 Å². The summed E-state index contributed by atoms with van der Waals surface area (Å²) in [5.41, 5.74) is 2.68. The Hall–Kier alpha value is -0.920. The van der Waals surface area contributed by atoms with E-state index in [-0.39, 0.29) is 0 Å². The van der Waals surface area contributed by atoms with Crippen molar-refractivity contribution >= 4 is 10.0 Å². The highest BCUT2D eigenvalue weighted by atomic mass is 32.2. The molecule has 146 valence electrons. The molecule has 0 aromatic carbocycles. The third-order valence-electron chi connectivity index (χ3n) is 6.80. The fraction of sp³-hybridized carbons (Fsp3) is 0.842. The maximum atomic E-state index is 11.4. The summed E-state index contributed by atoms with van der Waals surface area (Å²) in [5, 5.41) is 4.89. The topological polar surface area (TPSA) is 67.2 Å². The van der Waals surface area contributed by atoms with Gasteiger partial charge in [-0.25, -0.2) is 13.1 Å². The van der Waals surface area contributed by atoms with E-state index in [1.165, 1.54) is 56.2 Å². The van der Waals surface area contributed by atoms with Gasteiger partial charge in [0, 0.05) is 43.7 Å². The van der Waals surface area contributed by atoms with Gasteiger partial charge in [0.05, 0.1) is 11.9 Å². The van der Waals surface area contributed by atoms with Gasteiger partial charge in [0.1, 0.15) is 0 Å². The van der Waals surface area contributed by atoms with E-state index >= 15 is 0 Å². The summed E-state index contributed by atoms with van der Waals surface area (Å²) in [4.78, 5) is 2.48. The Morgan fingerprint density at radius 3 is 2.65 bits per heavy atom. The second-order valence-electron chi connectivity index (χ2n) is 8.61. The van der Waals surface area contributed by atoms with Crippen LogP contribution in [0.5, 0.6) is 0 Å². The molecule has 7 heteroatoms. The lowest BCUT2D eigenvalue weighted by Crippen LogP contribution is -2.56. The van der Waals surface area contributed by atoms with Gasteiger partial charge in [0.25, 0.3) is 0 Å². The van der Waals surface area contributed by atoms with E-state index in [1.54, 1.807) is 0 Å². The van der Waals surface area contributed by atoms with Gasteiger partial charge >= 0.3 is 0 Å². The van der Waals surface area contributed by atoms with E-state index in [1.807, 2.05) is 0 Å². The molecule has 1 saturated carbocycles. The molecule has 0 amide bonds. The summed E-state index contributed by atoms with van der Waals surface area (Å²) >= 11 is 0. The summed E-state index contributed by atoms with van der Waals surface area (Å²) < 4.78 is 27.7. The van der Waals surface area contributed by atoms with Crippen LogP contribution < -0.4 is 4.72 Å². The van der Waals surface area contributed by atoms with Gasteiger partial charge in [0.2, 0.25) is 10.0 Å². The lowest BCUT2D eigenvalue weighted by atomic mass is 9.74. The quantitative estimate of drug-likeness (QED) is 0.850. The molecule has 3 saturated heterocycles. The van der Waals surface area contributed by atoms with E-state index < -0.39 is 10.0 Å². The van der Waals surface area contributed by atoms with E-state index in [4.69, 9.17) is 5.10 Å². The lowest BCUT2D eigenvalue weighted by Gasteiger charge is -2.49. The molecule has 3 aliphatic heterocycles. The van der Waals surface area contributed by atoms with Crippen LogP contribution >= 0.6 is 0 Å². The predicted octanol–water partition coefficient (Wildman–Crippen LogP) is 2.19. The maximum Gasteiger partial charge on any atom is 0.208 e. The van der Waals surface area contributed by atoms with Crippen molar-refractivity contribution in [1.82, 2.24) is 19.4 Å². The predicted molar refractivity (Wildman–Crippen MR) is 103 cm³/mol. The van der Waals surface area contributed by atoms with Gasteiger partial charge in [-0.1, -0.05) is 19.3 Å². The average Bonchev–Trinajstić information content (AvgIpc) is 3.02. The van der Waals surface area contributed by atoms with Gasteiger partial charge < -0.3 is 0 Å². The highest BCUT2D eigenvalue weighted by Crippen LogP contribution is 2.42. The van der Waals surface area contributed by atoms with Crippen molar-refractivity contribution < 1.29 is 8.42 Å². The van der Waals surface area contributed by atoms with Crippen LogP contribution in [-0.2, 0) is 17.1 Å². The summed E-state index contributed by atoms with van der Waals surface area (Å²) in [6.07, 6.45) is 10.2. The highest BCUT2D eigenvalue weighted by Gasteiger charge is 2.42. The first-order valence-electron chi connectivity index (χ1n) is 10.1. The minimum absolute atomic E-state index is 0.339. The number of nitrogens with zero attached hydrogens (tertiary/aromatic N) is 3. The number of fused-ring (bicyclic) bond motifs is 3. The van der Waals surface area contributed by atoms with Crippen LogP contribution in [0, 0.1) is 5.92 Å². The first-order chi connectivity index (χ1) is 12.4. The van der Waals surface area contributed by atoms with Crippen molar-refractivity contribution in [3.05, 3.63) is 17.5 Å². The third kappa shape index (κ3) is 3.85. The van der Waals surface area contributed by atoms with E-state index in [9.17, 15) is 8.42 Å². The molecule has 0 radical (unpaired) electrons. The Kier molecular flexibility index (Phi) is 5.14. The molecule has 4 atom stereocenters. The molecule has 4 heterocycles. The zero-order valence-corrected chi connectivity index (χ0v) is 16.8. The molecular formula is C19H32N4O2S.